The highest BCUT2D eigenvalue weighted by Gasteiger charge is 2.11. The second-order valence-corrected chi connectivity index (χ2v) is 4.35. The van der Waals surface area contributed by atoms with Crippen LogP contribution in [-0.4, -0.2) is 30.5 Å². The van der Waals surface area contributed by atoms with E-state index in [1.165, 1.54) is 44.9 Å². The second kappa shape index (κ2) is 10.2. The zero-order valence-electron chi connectivity index (χ0n) is 10.5. The van der Waals surface area contributed by atoms with Gasteiger partial charge in [0, 0.05) is 19.6 Å². The lowest BCUT2D eigenvalue weighted by molar-refractivity contribution is 0.338. The third-order valence-corrected chi connectivity index (χ3v) is 2.97. The number of guanidine groups is 1. The molecule has 96 valence electrons. The summed E-state index contributed by atoms with van der Waals surface area (Å²) in [5, 5.41) is 0. The van der Waals surface area contributed by atoms with Gasteiger partial charge in [0.1, 0.15) is 0 Å². The molecule has 0 bridgehead atoms. The molecule has 0 atom stereocenters. The van der Waals surface area contributed by atoms with E-state index in [-0.39, 0.29) is 24.0 Å². The molecule has 0 aromatic rings. The fraction of sp³-hybridized carbons (Fsp3) is 0.917. The Bertz CT molecular complexity index is 189. The van der Waals surface area contributed by atoms with Gasteiger partial charge in [-0.1, -0.05) is 26.2 Å². The Kier molecular flexibility index (Phi) is 10.2. The number of nitrogens with zero attached hydrogens (tertiary/aromatic N) is 2. The molecule has 3 nitrogen and oxygen atoms in total. The van der Waals surface area contributed by atoms with Crippen molar-refractivity contribution in [2.24, 2.45) is 10.7 Å². The van der Waals surface area contributed by atoms with E-state index in [9.17, 15) is 0 Å². The molecule has 1 aliphatic rings. The van der Waals surface area contributed by atoms with Crippen molar-refractivity contribution < 1.29 is 0 Å². The maximum Gasteiger partial charge on any atom is 0.191 e. The minimum Gasteiger partial charge on any atom is -0.370 e. The van der Waals surface area contributed by atoms with Gasteiger partial charge in [0.25, 0.3) is 0 Å². The number of piperidine rings is 1. The Hall–Kier alpha value is 0. The summed E-state index contributed by atoms with van der Waals surface area (Å²) in [6.45, 7) is 5.34. The third-order valence-electron chi connectivity index (χ3n) is 2.97. The number of unbranched alkanes of at least 4 members (excludes halogenated alkanes) is 3. The van der Waals surface area contributed by atoms with Gasteiger partial charge in [-0.15, -0.1) is 24.0 Å². The summed E-state index contributed by atoms with van der Waals surface area (Å²) in [6.07, 6.45) is 8.96. The first kappa shape index (κ1) is 16.0. The molecule has 0 aromatic carbocycles. The van der Waals surface area contributed by atoms with E-state index in [0.717, 1.165) is 25.6 Å². The van der Waals surface area contributed by atoms with Crippen molar-refractivity contribution in [3.8, 4) is 0 Å². The van der Waals surface area contributed by atoms with Crippen molar-refractivity contribution >= 4 is 29.9 Å². The molecule has 1 fully saturated rings. The minimum atomic E-state index is 0. The topological polar surface area (TPSA) is 41.6 Å². The molecular weight excluding hydrogens is 313 g/mol. The molecule has 0 spiro atoms. The molecule has 1 rings (SSSR count). The fourth-order valence-corrected chi connectivity index (χ4v) is 1.96. The SMILES string of the molecule is CCCCCCN=C(N)N1CCCCC1.I. The molecule has 2 N–H and O–H groups in total. The highest BCUT2D eigenvalue weighted by molar-refractivity contribution is 14.0. The van der Waals surface area contributed by atoms with Crippen LogP contribution in [0.15, 0.2) is 4.99 Å². The van der Waals surface area contributed by atoms with Crippen molar-refractivity contribution in [1.29, 1.82) is 0 Å². The van der Waals surface area contributed by atoms with Crippen LogP contribution in [0.4, 0.5) is 0 Å². The Balaban J connectivity index is 0.00000225. The van der Waals surface area contributed by atoms with E-state index in [4.69, 9.17) is 5.73 Å². The van der Waals surface area contributed by atoms with E-state index < -0.39 is 0 Å². The lowest BCUT2D eigenvalue weighted by atomic mass is 10.1. The van der Waals surface area contributed by atoms with Crippen LogP contribution in [-0.2, 0) is 0 Å². The van der Waals surface area contributed by atoms with Gasteiger partial charge in [-0.25, -0.2) is 0 Å². The van der Waals surface area contributed by atoms with Gasteiger partial charge in [-0.2, -0.15) is 0 Å². The monoisotopic (exact) mass is 339 g/mol. The van der Waals surface area contributed by atoms with Gasteiger partial charge < -0.3 is 10.6 Å². The first-order chi connectivity index (χ1) is 7.34. The van der Waals surface area contributed by atoms with E-state index in [2.05, 4.69) is 16.8 Å². The molecule has 1 saturated heterocycles. The molecule has 0 unspecified atom stereocenters. The molecule has 0 amide bonds. The zero-order valence-corrected chi connectivity index (χ0v) is 12.8. The Labute approximate surface area is 117 Å². The molecule has 0 aliphatic carbocycles. The van der Waals surface area contributed by atoms with Crippen molar-refractivity contribution in [3.05, 3.63) is 0 Å². The maximum atomic E-state index is 5.94. The number of likely N-dealkylation sites (tertiary alicyclic amines) is 1. The molecule has 1 heterocycles. The Morgan fingerprint density at radius 3 is 2.44 bits per heavy atom. The number of hydrogen-bond donors (Lipinski definition) is 1. The van der Waals surface area contributed by atoms with Crippen LogP contribution in [0, 0.1) is 0 Å². The summed E-state index contributed by atoms with van der Waals surface area (Å²) in [7, 11) is 0. The predicted octanol–water partition coefficient (Wildman–Crippen LogP) is 2.99. The number of halogens is 1. The lowest BCUT2D eigenvalue weighted by Crippen LogP contribution is -2.40. The minimum absolute atomic E-state index is 0. The number of hydrogen-bond acceptors (Lipinski definition) is 1. The number of aliphatic imine (C=N–C) groups is 1. The van der Waals surface area contributed by atoms with Crippen LogP contribution >= 0.6 is 24.0 Å². The normalized spacial score (nSPS) is 17.1. The summed E-state index contributed by atoms with van der Waals surface area (Å²) in [6, 6.07) is 0. The van der Waals surface area contributed by atoms with Gasteiger partial charge in [0.2, 0.25) is 0 Å². The van der Waals surface area contributed by atoms with Crippen LogP contribution in [0.1, 0.15) is 51.9 Å². The summed E-state index contributed by atoms with van der Waals surface area (Å²) in [5.41, 5.74) is 5.94. The van der Waals surface area contributed by atoms with E-state index in [0.29, 0.717) is 0 Å². The van der Waals surface area contributed by atoms with Crippen LogP contribution in [0.25, 0.3) is 0 Å². The standard InChI is InChI=1S/C12H25N3.HI/c1-2-3-4-6-9-14-12(13)15-10-7-5-8-11-15;/h2-11H2,1H3,(H2,13,14);1H. The van der Waals surface area contributed by atoms with Crippen molar-refractivity contribution in [3.63, 3.8) is 0 Å². The summed E-state index contributed by atoms with van der Waals surface area (Å²) in [4.78, 5) is 6.67. The highest BCUT2D eigenvalue weighted by Crippen LogP contribution is 2.08. The summed E-state index contributed by atoms with van der Waals surface area (Å²) < 4.78 is 0. The molecule has 16 heavy (non-hydrogen) atoms. The maximum absolute atomic E-state index is 5.94. The van der Waals surface area contributed by atoms with Gasteiger partial charge in [-0.3, -0.25) is 4.99 Å². The molecular formula is C12H26IN3. The second-order valence-electron chi connectivity index (χ2n) is 4.35. The number of nitrogens with two attached hydrogens (primary N) is 1. The molecule has 4 heteroatoms. The largest absolute Gasteiger partial charge is 0.370 e. The molecule has 1 aliphatic heterocycles. The fourth-order valence-electron chi connectivity index (χ4n) is 1.96. The van der Waals surface area contributed by atoms with Gasteiger partial charge in [-0.05, 0) is 25.7 Å². The summed E-state index contributed by atoms with van der Waals surface area (Å²) in [5.74, 6) is 0.770. The third kappa shape index (κ3) is 6.55. The van der Waals surface area contributed by atoms with Gasteiger partial charge in [0.15, 0.2) is 5.96 Å². The van der Waals surface area contributed by atoms with Crippen LogP contribution < -0.4 is 5.73 Å². The van der Waals surface area contributed by atoms with E-state index >= 15 is 0 Å². The lowest BCUT2D eigenvalue weighted by Gasteiger charge is -2.27. The van der Waals surface area contributed by atoms with Crippen molar-refractivity contribution in [2.75, 3.05) is 19.6 Å². The first-order valence-corrected chi connectivity index (χ1v) is 6.39. The molecule has 0 aromatic heterocycles. The number of rotatable bonds is 5. The zero-order chi connectivity index (χ0) is 10.9. The summed E-state index contributed by atoms with van der Waals surface area (Å²) >= 11 is 0. The molecule has 0 radical (unpaired) electrons. The smallest absolute Gasteiger partial charge is 0.191 e. The Morgan fingerprint density at radius 1 is 1.12 bits per heavy atom. The quantitative estimate of drug-likeness (QED) is 0.362. The van der Waals surface area contributed by atoms with Gasteiger partial charge in [0.05, 0.1) is 0 Å². The first-order valence-electron chi connectivity index (χ1n) is 6.39. The Morgan fingerprint density at radius 2 is 1.81 bits per heavy atom. The van der Waals surface area contributed by atoms with Crippen molar-refractivity contribution in [1.82, 2.24) is 4.90 Å². The predicted molar refractivity (Wildman–Crippen MR) is 81.5 cm³/mol. The van der Waals surface area contributed by atoms with Crippen molar-refractivity contribution in [2.45, 2.75) is 51.9 Å². The average molecular weight is 339 g/mol. The van der Waals surface area contributed by atoms with E-state index in [1.807, 2.05) is 0 Å². The highest BCUT2D eigenvalue weighted by atomic mass is 127. The van der Waals surface area contributed by atoms with Crippen LogP contribution in [0.2, 0.25) is 0 Å². The van der Waals surface area contributed by atoms with Gasteiger partial charge >= 0.3 is 0 Å². The van der Waals surface area contributed by atoms with Crippen LogP contribution in [0.5, 0.6) is 0 Å². The van der Waals surface area contributed by atoms with Crippen LogP contribution in [0.3, 0.4) is 0 Å². The molecule has 0 saturated carbocycles. The average Bonchev–Trinajstić information content (AvgIpc) is 2.30. The van der Waals surface area contributed by atoms with E-state index in [1.54, 1.807) is 0 Å².